The Kier molecular flexibility index (Phi) is 4.29. The first-order valence-electron chi connectivity index (χ1n) is 6.16. The number of benzene rings is 1. The quantitative estimate of drug-likeness (QED) is 0.663. The number of thioether (sulfide) groups is 1. The highest BCUT2D eigenvalue weighted by atomic mass is 32.2. The summed E-state index contributed by atoms with van der Waals surface area (Å²) < 4.78 is 1.86. The van der Waals surface area contributed by atoms with Gasteiger partial charge in [0, 0.05) is 18.4 Å². The van der Waals surface area contributed by atoms with Gasteiger partial charge in [0.15, 0.2) is 5.16 Å². The van der Waals surface area contributed by atoms with Gasteiger partial charge in [0.1, 0.15) is 5.82 Å². The molecular formula is C13H17N5OS. The molecule has 0 spiro atoms. The Morgan fingerprint density at radius 2 is 2.20 bits per heavy atom. The normalized spacial score (nSPS) is 12.2. The number of hydrogen-bond acceptors (Lipinski definition) is 5. The van der Waals surface area contributed by atoms with E-state index in [1.807, 2.05) is 25.5 Å². The highest BCUT2D eigenvalue weighted by Gasteiger charge is 2.18. The Balaban J connectivity index is 2.00. The van der Waals surface area contributed by atoms with Gasteiger partial charge >= 0.3 is 0 Å². The van der Waals surface area contributed by atoms with Gasteiger partial charge in [0.2, 0.25) is 5.91 Å². The summed E-state index contributed by atoms with van der Waals surface area (Å²) in [5, 5.41) is 11.3. The molecule has 2 aromatic rings. The fraction of sp³-hybridized carbons (Fsp3) is 0.308. The van der Waals surface area contributed by atoms with E-state index in [0.29, 0.717) is 11.4 Å². The van der Waals surface area contributed by atoms with E-state index >= 15 is 0 Å². The fourth-order valence-electron chi connectivity index (χ4n) is 1.56. The van der Waals surface area contributed by atoms with Gasteiger partial charge < -0.3 is 15.6 Å². The van der Waals surface area contributed by atoms with Crippen molar-refractivity contribution < 1.29 is 4.79 Å². The second kappa shape index (κ2) is 5.96. The number of carbonyl (C=O) groups excluding carboxylic acids is 1. The SMILES string of the molecule is Cc1nnc(SC(C)C(=O)Nc2cccc(N)c2)n1C. The highest BCUT2D eigenvalue weighted by Crippen LogP contribution is 2.22. The predicted octanol–water partition coefficient (Wildman–Crippen LogP) is 1.83. The molecule has 1 unspecified atom stereocenters. The van der Waals surface area contributed by atoms with Gasteiger partial charge in [-0.05, 0) is 32.0 Å². The van der Waals surface area contributed by atoms with Crippen molar-refractivity contribution in [2.75, 3.05) is 11.1 Å². The van der Waals surface area contributed by atoms with E-state index in [1.54, 1.807) is 24.3 Å². The van der Waals surface area contributed by atoms with Gasteiger partial charge in [-0.15, -0.1) is 10.2 Å². The van der Waals surface area contributed by atoms with Crippen LogP contribution in [0.2, 0.25) is 0 Å². The van der Waals surface area contributed by atoms with Crippen LogP contribution in [0.3, 0.4) is 0 Å². The van der Waals surface area contributed by atoms with Crippen molar-refractivity contribution in [1.82, 2.24) is 14.8 Å². The van der Waals surface area contributed by atoms with Crippen LogP contribution in [0, 0.1) is 6.92 Å². The van der Waals surface area contributed by atoms with E-state index in [4.69, 9.17) is 5.73 Å². The molecule has 0 bridgehead atoms. The van der Waals surface area contributed by atoms with E-state index in [2.05, 4.69) is 15.5 Å². The molecule has 6 nitrogen and oxygen atoms in total. The Labute approximate surface area is 121 Å². The third-order valence-electron chi connectivity index (χ3n) is 2.86. The number of nitrogens with one attached hydrogen (secondary N) is 1. The zero-order valence-corrected chi connectivity index (χ0v) is 12.4. The minimum absolute atomic E-state index is 0.0961. The zero-order valence-electron chi connectivity index (χ0n) is 11.6. The molecule has 3 N–H and O–H groups in total. The largest absolute Gasteiger partial charge is 0.399 e. The maximum Gasteiger partial charge on any atom is 0.237 e. The number of aryl methyl sites for hydroxylation is 1. The molecule has 0 aliphatic rings. The summed E-state index contributed by atoms with van der Waals surface area (Å²) in [7, 11) is 1.88. The third kappa shape index (κ3) is 3.30. The fourth-order valence-corrected chi connectivity index (χ4v) is 2.42. The Morgan fingerprint density at radius 1 is 1.45 bits per heavy atom. The molecule has 106 valence electrons. The van der Waals surface area contributed by atoms with E-state index in [9.17, 15) is 4.79 Å². The molecule has 0 aliphatic carbocycles. The number of nitrogen functional groups attached to an aromatic ring is 1. The summed E-state index contributed by atoms with van der Waals surface area (Å²) in [6.07, 6.45) is 0. The number of carbonyl (C=O) groups is 1. The Bertz CT molecular complexity index is 625. The zero-order chi connectivity index (χ0) is 14.7. The number of anilines is 2. The summed E-state index contributed by atoms with van der Waals surface area (Å²) in [6.45, 7) is 3.70. The first kappa shape index (κ1) is 14.4. The molecule has 0 fully saturated rings. The number of aromatic nitrogens is 3. The summed E-state index contributed by atoms with van der Waals surface area (Å²) in [4.78, 5) is 12.1. The smallest absolute Gasteiger partial charge is 0.237 e. The average Bonchev–Trinajstić information content (AvgIpc) is 2.70. The molecule has 1 aromatic carbocycles. The second-order valence-corrected chi connectivity index (χ2v) is 5.77. The van der Waals surface area contributed by atoms with Crippen molar-refractivity contribution in [3.8, 4) is 0 Å². The number of amides is 1. The molecule has 1 aromatic heterocycles. The van der Waals surface area contributed by atoms with E-state index in [0.717, 1.165) is 11.0 Å². The Morgan fingerprint density at radius 3 is 2.80 bits per heavy atom. The van der Waals surface area contributed by atoms with Crippen LogP contribution < -0.4 is 11.1 Å². The number of hydrogen-bond donors (Lipinski definition) is 2. The van der Waals surface area contributed by atoms with Crippen LogP contribution in [0.5, 0.6) is 0 Å². The van der Waals surface area contributed by atoms with E-state index in [1.165, 1.54) is 11.8 Å². The lowest BCUT2D eigenvalue weighted by atomic mass is 10.3. The number of nitrogens with two attached hydrogens (primary N) is 1. The molecule has 1 heterocycles. The second-order valence-electron chi connectivity index (χ2n) is 4.46. The van der Waals surface area contributed by atoms with Crippen molar-refractivity contribution in [3.63, 3.8) is 0 Å². The summed E-state index contributed by atoms with van der Waals surface area (Å²) in [5.74, 6) is 0.720. The van der Waals surface area contributed by atoms with Crippen LogP contribution in [0.25, 0.3) is 0 Å². The van der Waals surface area contributed by atoms with Crippen LogP contribution in [0.4, 0.5) is 11.4 Å². The van der Waals surface area contributed by atoms with Crippen molar-refractivity contribution in [3.05, 3.63) is 30.1 Å². The van der Waals surface area contributed by atoms with Crippen LogP contribution in [0.1, 0.15) is 12.7 Å². The minimum Gasteiger partial charge on any atom is -0.399 e. The molecular weight excluding hydrogens is 274 g/mol. The van der Waals surface area contributed by atoms with Crippen molar-refractivity contribution in [1.29, 1.82) is 0 Å². The van der Waals surface area contributed by atoms with E-state index in [-0.39, 0.29) is 11.2 Å². The summed E-state index contributed by atoms with van der Waals surface area (Å²) in [6, 6.07) is 7.10. The first-order valence-corrected chi connectivity index (χ1v) is 7.04. The standard InChI is InChI=1S/C13H17N5OS/c1-8(20-13-17-16-9(2)18(13)3)12(19)15-11-6-4-5-10(14)7-11/h4-8H,14H2,1-3H3,(H,15,19). The maximum atomic E-state index is 12.1. The molecule has 0 aliphatic heterocycles. The predicted molar refractivity (Wildman–Crippen MR) is 80.5 cm³/mol. The average molecular weight is 291 g/mol. The third-order valence-corrected chi connectivity index (χ3v) is 3.99. The van der Waals surface area contributed by atoms with Crippen LogP contribution >= 0.6 is 11.8 Å². The van der Waals surface area contributed by atoms with Crippen molar-refractivity contribution in [2.45, 2.75) is 24.3 Å². The van der Waals surface area contributed by atoms with Gasteiger partial charge in [-0.3, -0.25) is 4.79 Å². The van der Waals surface area contributed by atoms with E-state index < -0.39 is 0 Å². The van der Waals surface area contributed by atoms with Gasteiger partial charge in [-0.1, -0.05) is 17.8 Å². The van der Waals surface area contributed by atoms with Crippen molar-refractivity contribution >= 4 is 29.0 Å². The lowest BCUT2D eigenvalue weighted by Crippen LogP contribution is -2.22. The lowest BCUT2D eigenvalue weighted by Gasteiger charge is -2.11. The van der Waals surface area contributed by atoms with Crippen LogP contribution in [-0.4, -0.2) is 25.9 Å². The maximum absolute atomic E-state index is 12.1. The summed E-state index contributed by atoms with van der Waals surface area (Å²) in [5.41, 5.74) is 6.99. The van der Waals surface area contributed by atoms with Gasteiger partial charge in [0.05, 0.1) is 5.25 Å². The molecule has 20 heavy (non-hydrogen) atoms. The molecule has 7 heteroatoms. The van der Waals surface area contributed by atoms with Gasteiger partial charge in [-0.2, -0.15) is 0 Å². The highest BCUT2D eigenvalue weighted by molar-refractivity contribution is 8.00. The van der Waals surface area contributed by atoms with Gasteiger partial charge in [0.25, 0.3) is 0 Å². The first-order chi connectivity index (χ1) is 9.47. The topological polar surface area (TPSA) is 85.8 Å². The van der Waals surface area contributed by atoms with Crippen LogP contribution in [-0.2, 0) is 11.8 Å². The lowest BCUT2D eigenvalue weighted by molar-refractivity contribution is -0.115. The number of rotatable bonds is 4. The molecule has 1 amide bonds. The monoisotopic (exact) mass is 291 g/mol. The van der Waals surface area contributed by atoms with Crippen molar-refractivity contribution in [2.24, 2.45) is 7.05 Å². The minimum atomic E-state index is -0.279. The molecule has 1 atom stereocenters. The molecule has 0 saturated heterocycles. The Hall–Kier alpha value is -2.02. The van der Waals surface area contributed by atoms with Crippen LogP contribution in [0.15, 0.2) is 29.4 Å². The summed E-state index contributed by atoms with van der Waals surface area (Å²) >= 11 is 1.37. The number of nitrogens with zero attached hydrogens (tertiary/aromatic N) is 3. The molecule has 0 saturated carbocycles. The van der Waals surface area contributed by atoms with Gasteiger partial charge in [-0.25, -0.2) is 0 Å². The molecule has 0 radical (unpaired) electrons. The molecule has 2 rings (SSSR count).